The first kappa shape index (κ1) is 23.4. The molecule has 2 aliphatic rings. The molecule has 1 fully saturated rings. The molecule has 0 aliphatic carbocycles. The van der Waals surface area contributed by atoms with Gasteiger partial charge in [0.1, 0.15) is 5.75 Å². The van der Waals surface area contributed by atoms with E-state index in [1.54, 1.807) is 0 Å². The zero-order valence-electron chi connectivity index (χ0n) is 21.0. The molecule has 6 rings (SSSR count). The minimum absolute atomic E-state index is 0.102. The van der Waals surface area contributed by atoms with Gasteiger partial charge in [-0.25, -0.2) is 0 Å². The fourth-order valence-corrected chi connectivity index (χ4v) is 5.67. The van der Waals surface area contributed by atoms with E-state index in [1.807, 2.05) is 55.6 Å². The molecule has 1 N–H and O–H groups in total. The minimum atomic E-state index is -0.119. The molecule has 0 saturated carbocycles. The van der Waals surface area contributed by atoms with Gasteiger partial charge in [-0.3, -0.25) is 4.98 Å². The largest absolute Gasteiger partial charge is 0.494 e. The Balaban J connectivity index is 1.47. The van der Waals surface area contributed by atoms with Crippen LogP contribution in [0.15, 0.2) is 72.9 Å². The number of benzene rings is 2. The van der Waals surface area contributed by atoms with Gasteiger partial charge in [-0.15, -0.1) is 0 Å². The van der Waals surface area contributed by atoms with E-state index in [2.05, 4.69) is 57.9 Å². The monoisotopic (exact) mass is 512 g/mol. The first-order valence-corrected chi connectivity index (χ1v) is 12.8. The predicted octanol–water partition coefficient (Wildman–Crippen LogP) is 5.79. The van der Waals surface area contributed by atoms with Crippen molar-refractivity contribution in [3.63, 3.8) is 0 Å². The Hall–Kier alpha value is -4.04. The average Bonchev–Trinajstić information content (AvgIpc) is 3.60. The van der Waals surface area contributed by atoms with Crippen LogP contribution in [0.5, 0.6) is 17.2 Å². The normalized spacial score (nSPS) is 18.2. The van der Waals surface area contributed by atoms with Crippen molar-refractivity contribution in [2.45, 2.75) is 32.9 Å². The molecule has 0 bridgehead atoms. The third-order valence-corrected chi connectivity index (χ3v) is 7.24. The lowest BCUT2D eigenvalue weighted by Crippen LogP contribution is -2.29. The van der Waals surface area contributed by atoms with Crippen LogP contribution in [0.4, 0.5) is 5.69 Å². The molecule has 4 aromatic rings. The number of nitrogens with one attached hydrogen (secondary N) is 1. The number of thiocarbonyl (C=S) groups is 1. The van der Waals surface area contributed by atoms with E-state index in [9.17, 15) is 0 Å². The maximum absolute atomic E-state index is 5.91. The summed E-state index contributed by atoms with van der Waals surface area (Å²) in [6.07, 6.45) is 1.83. The van der Waals surface area contributed by atoms with Crippen LogP contribution in [-0.4, -0.2) is 28.1 Å². The molecule has 2 atom stereocenters. The lowest BCUT2D eigenvalue weighted by atomic mass is 9.96. The maximum Gasteiger partial charge on any atom is 0.231 e. The van der Waals surface area contributed by atoms with Crippen LogP contribution < -0.4 is 24.4 Å². The van der Waals surface area contributed by atoms with Gasteiger partial charge in [0.2, 0.25) is 6.79 Å². The third kappa shape index (κ3) is 4.07. The molecule has 2 aromatic heterocycles. The second-order valence-corrected chi connectivity index (χ2v) is 9.51. The van der Waals surface area contributed by atoms with E-state index in [1.165, 1.54) is 5.56 Å². The van der Waals surface area contributed by atoms with Crippen LogP contribution >= 0.6 is 12.2 Å². The van der Waals surface area contributed by atoms with E-state index in [-0.39, 0.29) is 18.9 Å². The molecule has 0 amide bonds. The number of rotatable bonds is 6. The van der Waals surface area contributed by atoms with Gasteiger partial charge in [-0.05, 0) is 93.1 Å². The highest BCUT2D eigenvalue weighted by Crippen LogP contribution is 2.44. The molecule has 0 radical (unpaired) electrons. The average molecular weight is 513 g/mol. The molecule has 0 spiro atoms. The summed E-state index contributed by atoms with van der Waals surface area (Å²) in [5.74, 6) is 2.37. The summed E-state index contributed by atoms with van der Waals surface area (Å²) in [6.45, 7) is 7.14. The Morgan fingerprint density at radius 2 is 1.78 bits per heavy atom. The maximum atomic E-state index is 5.91. The summed E-state index contributed by atoms with van der Waals surface area (Å²) < 4.78 is 19.1. The van der Waals surface area contributed by atoms with Crippen molar-refractivity contribution in [2.75, 3.05) is 18.3 Å². The van der Waals surface area contributed by atoms with Gasteiger partial charge in [0.05, 0.1) is 24.4 Å². The Kier molecular flexibility index (Phi) is 5.96. The van der Waals surface area contributed by atoms with Gasteiger partial charge in [0, 0.05) is 35.0 Å². The zero-order valence-corrected chi connectivity index (χ0v) is 21.8. The van der Waals surface area contributed by atoms with Crippen molar-refractivity contribution in [3.05, 3.63) is 95.6 Å². The van der Waals surface area contributed by atoms with Crippen LogP contribution in [0.3, 0.4) is 0 Å². The van der Waals surface area contributed by atoms with E-state index in [0.29, 0.717) is 11.7 Å². The van der Waals surface area contributed by atoms with E-state index in [4.69, 9.17) is 26.4 Å². The van der Waals surface area contributed by atoms with Gasteiger partial charge in [-0.2, -0.15) is 0 Å². The van der Waals surface area contributed by atoms with Crippen molar-refractivity contribution in [1.82, 2.24) is 14.9 Å². The van der Waals surface area contributed by atoms with Crippen molar-refractivity contribution >= 4 is 23.0 Å². The quantitative estimate of drug-likeness (QED) is 0.328. The lowest BCUT2D eigenvalue weighted by Gasteiger charge is -2.28. The fraction of sp³-hybridized carbons (Fsp3) is 0.241. The summed E-state index contributed by atoms with van der Waals surface area (Å²) in [6, 6.07) is 22.2. The van der Waals surface area contributed by atoms with Crippen LogP contribution in [0.1, 0.15) is 41.7 Å². The van der Waals surface area contributed by atoms with Crippen molar-refractivity contribution in [1.29, 1.82) is 0 Å². The Labute approximate surface area is 221 Å². The molecule has 7 nitrogen and oxygen atoms in total. The first-order chi connectivity index (χ1) is 18.0. The second-order valence-electron chi connectivity index (χ2n) is 9.12. The van der Waals surface area contributed by atoms with Crippen LogP contribution in [0, 0.1) is 13.8 Å². The predicted molar refractivity (Wildman–Crippen MR) is 147 cm³/mol. The van der Waals surface area contributed by atoms with Gasteiger partial charge in [0.15, 0.2) is 16.6 Å². The molecule has 188 valence electrons. The van der Waals surface area contributed by atoms with E-state index < -0.39 is 0 Å². The van der Waals surface area contributed by atoms with Gasteiger partial charge in [0.25, 0.3) is 0 Å². The van der Waals surface area contributed by atoms with Crippen LogP contribution in [0.2, 0.25) is 0 Å². The SMILES string of the molecule is CCOc1ccc(N2C(=S)NC(c3ccccn3)C2c2cc(C)n(-c3ccc4c(c3)OCO4)c2C)cc1. The van der Waals surface area contributed by atoms with Crippen LogP contribution in [0.25, 0.3) is 5.69 Å². The summed E-state index contributed by atoms with van der Waals surface area (Å²) in [4.78, 5) is 6.88. The summed E-state index contributed by atoms with van der Waals surface area (Å²) in [5, 5.41) is 4.22. The molecular weight excluding hydrogens is 484 g/mol. The first-order valence-electron chi connectivity index (χ1n) is 12.4. The molecule has 4 heterocycles. The fourth-order valence-electron chi connectivity index (χ4n) is 5.33. The zero-order chi connectivity index (χ0) is 25.5. The molecule has 2 aromatic carbocycles. The summed E-state index contributed by atoms with van der Waals surface area (Å²) in [7, 11) is 0. The number of hydrogen-bond acceptors (Lipinski definition) is 5. The second kappa shape index (κ2) is 9.44. The lowest BCUT2D eigenvalue weighted by molar-refractivity contribution is 0.174. The molecule has 37 heavy (non-hydrogen) atoms. The number of fused-ring (bicyclic) bond motifs is 1. The summed E-state index contributed by atoms with van der Waals surface area (Å²) >= 11 is 5.91. The molecular formula is C29H28N4O3S. The van der Waals surface area contributed by atoms with E-state index in [0.717, 1.165) is 45.7 Å². The molecule has 8 heteroatoms. The number of nitrogens with zero attached hydrogens (tertiary/aromatic N) is 3. The minimum Gasteiger partial charge on any atom is -0.494 e. The highest BCUT2D eigenvalue weighted by Gasteiger charge is 2.42. The van der Waals surface area contributed by atoms with Gasteiger partial charge in [-0.1, -0.05) is 6.07 Å². The third-order valence-electron chi connectivity index (χ3n) is 6.93. The van der Waals surface area contributed by atoms with Crippen molar-refractivity contribution in [3.8, 4) is 22.9 Å². The number of pyridine rings is 1. The number of anilines is 1. The Morgan fingerprint density at radius 3 is 2.54 bits per heavy atom. The standard InChI is InChI=1S/C29H28N4O3S/c1-4-34-22-11-8-20(9-12-22)33-28(27(31-29(33)37)24-7-5-6-14-30-24)23-15-18(2)32(19(23)3)21-10-13-25-26(16-21)36-17-35-25/h5-16,27-28H,4,17H2,1-3H3,(H,31,37). The van der Waals surface area contributed by atoms with E-state index >= 15 is 0 Å². The Morgan fingerprint density at radius 1 is 1.00 bits per heavy atom. The number of hydrogen-bond donors (Lipinski definition) is 1. The highest BCUT2D eigenvalue weighted by molar-refractivity contribution is 7.80. The number of ether oxygens (including phenoxy) is 3. The summed E-state index contributed by atoms with van der Waals surface area (Å²) in [5.41, 5.74) is 6.39. The van der Waals surface area contributed by atoms with Gasteiger partial charge >= 0.3 is 0 Å². The van der Waals surface area contributed by atoms with Gasteiger partial charge < -0.3 is 29.0 Å². The molecule has 1 saturated heterocycles. The molecule has 2 unspecified atom stereocenters. The Bertz CT molecular complexity index is 1450. The van der Waals surface area contributed by atoms with Crippen LogP contribution in [-0.2, 0) is 0 Å². The highest BCUT2D eigenvalue weighted by atomic mass is 32.1. The number of aromatic nitrogens is 2. The molecule has 2 aliphatic heterocycles. The smallest absolute Gasteiger partial charge is 0.231 e. The number of aryl methyl sites for hydroxylation is 1. The van der Waals surface area contributed by atoms with Crippen molar-refractivity contribution in [2.24, 2.45) is 0 Å². The van der Waals surface area contributed by atoms with Crippen molar-refractivity contribution < 1.29 is 14.2 Å². The topological polar surface area (TPSA) is 60.8 Å².